The molecule has 0 spiro atoms. The Bertz CT molecular complexity index is 799. The van der Waals surface area contributed by atoms with Gasteiger partial charge in [0, 0.05) is 32.1 Å². The highest BCUT2D eigenvalue weighted by molar-refractivity contribution is 5.80. The molecule has 0 unspecified atom stereocenters. The Hall–Kier alpha value is -2.42. The van der Waals surface area contributed by atoms with E-state index in [1.807, 2.05) is 0 Å². The van der Waals surface area contributed by atoms with Crippen molar-refractivity contribution < 1.29 is 35.9 Å². The van der Waals surface area contributed by atoms with E-state index in [4.69, 9.17) is 4.74 Å². The second-order valence-electron chi connectivity index (χ2n) is 6.09. The van der Waals surface area contributed by atoms with E-state index in [1.165, 1.54) is 7.11 Å². The van der Waals surface area contributed by atoms with Gasteiger partial charge in [-0.25, -0.2) is 0 Å². The van der Waals surface area contributed by atoms with E-state index in [9.17, 15) is 31.1 Å². The molecule has 0 fully saturated rings. The zero-order valence-electron chi connectivity index (χ0n) is 14.8. The Morgan fingerprint density at radius 2 is 1.68 bits per heavy atom. The lowest BCUT2D eigenvalue weighted by molar-refractivity contribution is -0.139. The fraction of sp³-hybridized carbons (Fsp3) is 0.368. The van der Waals surface area contributed by atoms with Gasteiger partial charge in [0.2, 0.25) is 0 Å². The predicted molar refractivity (Wildman–Crippen MR) is 88.6 cm³/mol. The predicted octanol–water partition coefficient (Wildman–Crippen LogP) is 5.25. The highest BCUT2D eigenvalue weighted by atomic mass is 19.4. The largest absolute Gasteiger partial charge is 0.418 e. The van der Waals surface area contributed by atoms with Gasteiger partial charge in [0.05, 0.1) is 23.4 Å². The van der Waals surface area contributed by atoms with Crippen LogP contribution < -0.4 is 0 Å². The summed E-state index contributed by atoms with van der Waals surface area (Å²) in [5.74, 6) is -1.52. The van der Waals surface area contributed by atoms with E-state index >= 15 is 0 Å². The first-order valence-electron chi connectivity index (χ1n) is 8.24. The molecule has 0 aliphatic heterocycles. The van der Waals surface area contributed by atoms with Crippen LogP contribution in [0.5, 0.6) is 0 Å². The summed E-state index contributed by atoms with van der Waals surface area (Å²) in [5, 5.41) is 0. The van der Waals surface area contributed by atoms with Crippen LogP contribution in [0.2, 0.25) is 0 Å². The van der Waals surface area contributed by atoms with E-state index in [-0.39, 0.29) is 30.8 Å². The summed E-state index contributed by atoms with van der Waals surface area (Å²) in [6.07, 6.45) is -8.51. The summed E-state index contributed by atoms with van der Waals surface area (Å²) in [7, 11) is 1.38. The van der Waals surface area contributed by atoms with E-state index in [1.54, 1.807) is 0 Å². The molecule has 2 rings (SSSR count). The zero-order chi connectivity index (χ0) is 20.9. The second-order valence-corrected chi connectivity index (χ2v) is 6.09. The van der Waals surface area contributed by atoms with Gasteiger partial charge in [-0.05, 0) is 29.8 Å². The third-order valence-electron chi connectivity index (χ3n) is 4.13. The van der Waals surface area contributed by atoms with Crippen molar-refractivity contribution in [1.82, 2.24) is 4.98 Å². The maximum atomic E-state index is 13.4. The van der Waals surface area contributed by atoms with Crippen LogP contribution >= 0.6 is 0 Å². The molecule has 0 bridgehead atoms. The molecule has 0 saturated carbocycles. The summed E-state index contributed by atoms with van der Waals surface area (Å²) >= 11 is 0. The topological polar surface area (TPSA) is 39.2 Å². The number of methoxy groups -OCH3 is 1. The number of benzene rings is 1. The van der Waals surface area contributed by atoms with Crippen LogP contribution in [0.4, 0.5) is 26.3 Å². The molecule has 3 nitrogen and oxygen atoms in total. The van der Waals surface area contributed by atoms with Gasteiger partial charge in [-0.2, -0.15) is 26.3 Å². The summed E-state index contributed by atoms with van der Waals surface area (Å²) in [4.78, 5) is 16.0. The smallest absolute Gasteiger partial charge is 0.384 e. The van der Waals surface area contributed by atoms with E-state index < -0.39 is 35.1 Å². The lowest BCUT2D eigenvalue weighted by atomic mass is 9.87. The third-order valence-corrected chi connectivity index (χ3v) is 4.13. The highest BCUT2D eigenvalue weighted by Gasteiger charge is 2.37. The van der Waals surface area contributed by atoms with Crippen molar-refractivity contribution in [3.05, 3.63) is 65.0 Å². The van der Waals surface area contributed by atoms with Crippen LogP contribution in [0, 0.1) is 0 Å². The molecule has 0 amide bonds. The van der Waals surface area contributed by atoms with Crippen molar-refractivity contribution in [2.75, 3.05) is 13.7 Å². The number of rotatable bonds is 7. The van der Waals surface area contributed by atoms with Crippen LogP contribution in [-0.4, -0.2) is 24.5 Å². The molecule has 0 aliphatic carbocycles. The number of ether oxygens (including phenoxy) is 1. The number of Topliss-reactive ketones (excluding diaryl/α,β-unsaturated/α-hetero) is 1. The average molecular weight is 405 g/mol. The Kier molecular flexibility index (Phi) is 6.82. The molecule has 0 N–H and O–H groups in total. The van der Waals surface area contributed by atoms with Gasteiger partial charge in [0.25, 0.3) is 0 Å². The number of hydrogen-bond donors (Lipinski definition) is 0. The van der Waals surface area contributed by atoms with Gasteiger partial charge in [0.1, 0.15) is 5.78 Å². The zero-order valence-corrected chi connectivity index (χ0v) is 14.8. The molecule has 0 saturated heterocycles. The Morgan fingerprint density at radius 1 is 1.04 bits per heavy atom. The number of ketones is 1. The number of pyridine rings is 1. The van der Waals surface area contributed by atoms with Crippen LogP contribution in [0.15, 0.2) is 42.6 Å². The van der Waals surface area contributed by atoms with Gasteiger partial charge in [-0.15, -0.1) is 0 Å². The maximum absolute atomic E-state index is 13.4. The maximum Gasteiger partial charge on any atom is 0.418 e. The minimum absolute atomic E-state index is 0.0260. The van der Waals surface area contributed by atoms with Gasteiger partial charge in [-0.1, -0.05) is 12.1 Å². The number of hydrogen-bond acceptors (Lipinski definition) is 3. The fourth-order valence-electron chi connectivity index (χ4n) is 2.76. The molecule has 2 aromatic rings. The molecular formula is C19H17F6NO2. The highest BCUT2D eigenvalue weighted by Crippen LogP contribution is 2.38. The number of aromatic nitrogens is 1. The first-order chi connectivity index (χ1) is 13.0. The van der Waals surface area contributed by atoms with Crippen molar-refractivity contribution in [3.63, 3.8) is 0 Å². The molecule has 1 aromatic carbocycles. The number of carbonyl (C=O) groups is 1. The second kappa shape index (κ2) is 8.72. The summed E-state index contributed by atoms with van der Waals surface area (Å²) < 4.78 is 83.3. The lowest BCUT2D eigenvalue weighted by Gasteiger charge is -2.21. The summed E-state index contributed by atoms with van der Waals surface area (Å²) in [6, 6.07) is 5.65. The van der Waals surface area contributed by atoms with Crippen molar-refractivity contribution >= 4 is 5.78 Å². The molecule has 28 heavy (non-hydrogen) atoms. The molecule has 1 aromatic heterocycles. The number of alkyl halides is 6. The van der Waals surface area contributed by atoms with E-state index in [0.717, 1.165) is 42.6 Å². The van der Waals surface area contributed by atoms with Crippen molar-refractivity contribution in [1.29, 1.82) is 0 Å². The molecule has 152 valence electrons. The van der Waals surface area contributed by atoms with E-state index in [0.29, 0.717) is 0 Å². The van der Waals surface area contributed by atoms with Crippen LogP contribution in [0.25, 0.3) is 0 Å². The number of carbonyl (C=O) groups excluding carboxylic acids is 1. The normalized spacial score (nSPS) is 13.4. The molecule has 1 heterocycles. The number of nitrogens with zero attached hydrogens (tertiary/aromatic N) is 1. The first-order valence-corrected chi connectivity index (χ1v) is 8.24. The van der Waals surface area contributed by atoms with Gasteiger partial charge >= 0.3 is 12.4 Å². The van der Waals surface area contributed by atoms with Gasteiger partial charge in [-0.3, -0.25) is 9.78 Å². The van der Waals surface area contributed by atoms with Crippen LogP contribution in [0.1, 0.15) is 41.1 Å². The van der Waals surface area contributed by atoms with Crippen LogP contribution in [0.3, 0.4) is 0 Å². The minimum atomic E-state index is -4.72. The van der Waals surface area contributed by atoms with Crippen molar-refractivity contribution in [2.24, 2.45) is 0 Å². The minimum Gasteiger partial charge on any atom is -0.384 e. The Balaban J connectivity index is 2.48. The summed E-state index contributed by atoms with van der Waals surface area (Å²) in [5.41, 5.74) is -2.22. The van der Waals surface area contributed by atoms with Crippen molar-refractivity contribution in [3.8, 4) is 0 Å². The molecule has 0 aliphatic rings. The first kappa shape index (κ1) is 21.9. The molecule has 9 heteroatoms. The fourth-order valence-corrected chi connectivity index (χ4v) is 2.76. The molecule has 1 atom stereocenters. The quantitative estimate of drug-likeness (QED) is 0.591. The van der Waals surface area contributed by atoms with Crippen molar-refractivity contribution in [2.45, 2.75) is 31.1 Å². The standard InChI is InChI=1S/C19H17F6NO2/c1-28-10-8-14(27)11-15(12-4-6-13(7-5-12)18(20,21)22)17-16(19(23,24)25)3-2-9-26-17/h2-7,9,15H,8,10-11H2,1H3/t15-/m0/s1. The van der Waals surface area contributed by atoms with Crippen LogP contribution in [-0.2, 0) is 21.9 Å². The molecular weight excluding hydrogens is 388 g/mol. The van der Waals surface area contributed by atoms with Gasteiger partial charge < -0.3 is 4.74 Å². The monoisotopic (exact) mass is 405 g/mol. The average Bonchev–Trinajstić information content (AvgIpc) is 2.63. The van der Waals surface area contributed by atoms with Gasteiger partial charge in [0.15, 0.2) is 0 Å². The SMILES string of the molecule is COCCC(=O)C[C@@H](c1ccc(C(F)(F)F)cc1)c1ncccc1C(F)(F)F. The Morgan fingerprint density at radius 3 is 2.21 bits per heavy atom. The number of halogens is 6. The lowest BCUT2D eigenvalue weighted by Crippen LogP contribution is -2.18. The Labute approximate surface area is 157 Å². The van der Waals surface area contributed by atoms with E-state index in [2.05, 4.69) is 4.98 Å². The third kappa shape index (κ3) is 5.54. The summed E-state index contributed by atoms with van der Waals surface area (Å²) in [6.45, 7) is 0.0902. The molecule has 0 radical (unpaired) electrons.